The van der Waals surface area contributed by atoms with Gasteiger partial charge in [-0.25, -0.2) is 0 Å². The average Bonchev–Trinajstić information content (AvgIpc) is 2.80. The zero-order valence-corrected chi connectivity index (χ0v) is 9.39. The van der Waals surface area contributed by atoms with E-state index in [1.165, 1.54) is 25.8 Å². The van der Waals surface area contributed by atoms with E-state index >= 15 is 0 Å². The summed E-state index contributed by atoms with van der Waals surface area (Å²) in [4.78, 5) is 0. The second-order valence-electron chi connectivity index (χ2n) is 6.23. The van der Waals surface area contributed by atoms with Gasteiger partial charge >= 0.3 is 0 Å². The monoisotopic (exact) mass is 193 g/mol. The third kappa shape index (κ3) is 1.50. The van der Waals surface area contributed by atoms with Crippen molar-refractivity contribution in [2.45, 2.75) is 57.4 Å². The van der Waals surface area contributed by atoms with Crippen molar-refractivity contribution >= 4 is 0 Å². The van der Waals surface area contributed by atoms with E-state index in [-0.39, 0.29) is 0 Å². The van der Waals surface area contributed by atoms with E-state index in [0.717, 1.165) is 17.8 Å². The lowest BCUT2D eigenvalue weighted by Gasteiger charge is -2.32. The Bertz CT molecular complexity index is 217. The lowest BCUT2D eigenvalue weighted by molar-refractivity contribution is 0.236. The molecule has 2 aliphatic carbocycles. The van der Waals surface area contributed by atoms with Crippen LogP contribution in [-0.2, 0) is 0 Å². The lowest BCUT2D eigenvalue weighted by atomic mass is 9.79. The fourth-order valence-electron chi connectivity index (χ4n) is 4.34. The highest BCUT2D eigenvalue weighted by Gasteiger charge is 2.42. The second-order valence-corrected chi connectivity index (χ2v) is 6.23. The Kier molecular flexibility index (Phi) is 2.12. The van der Waals surface area contributed by atoms with Gasteiger partial charge in [-0.15, -0.1) is 0 Å². The van der Waals surface area contributed by atoms with Crippen molar-refractivity contribution in [3.8, 4) is 0 Å². The van der Waals surface area contributed by atoms with Crippen LogP contribution < -0.4 is 5.32 Å². The predicted molar refractivity (Wildman–Crippen MR) is 59.2 cm³/mol. The molecule has 4 unspecified atom stereocenters. The quantitative estimate of drug-likeness (QED) is 0.711. The van der Waals surface area contributed by atoms with Crippen molar-refractivity contribution in [3.05, 3.63) is 0 Å². The van der Waals surface area contributed by atoms with Crippen molar-refractivity contribution in [2.24, 2.45) is 17.8 Å². The minimum absolute atomic E-state index is 0.509. The van der Waals surface area contributed by atoms with Gasteiger partial charge < -0.3 is 5.32 Å². The molecule has 1 aliphatic heterocycles. The number of fused-ring (bicyclic) bond motifs is 2. The molecule has 0 spiro atoms. The molecule has 1 saturated heterocycles. The first kappa shape index (κ1) is 9.21. The van der Waals surface area contributed by atoms with Crippen LogP contribution in [0.1, 0.15) is 51.9 Å². The van der Waals surface area contributed by atoms with Gasteiger partial charge in [0.2, 0.25) is 0 Å². The highest BCUT2D eigenvalue weighted by Crippen LogP contribution is 2.51. The van der Waals surface area contributed by atoms with Crippen molar-refractivity contribution in [1.29, 1.82) is 0 Å². The standard InChI is InChI=1S/C13H23N/c1-13(5-2-6-14-13)9-12-8-10-3-4-11(12)7-10/h10-12,14H,2-9H2,1H3. The lowest BCUT2D eigenvalue weighted by Crippen LogP contribution is -2.39. The Hall–Kier alpha value is -0.0400. The molecule has 1 nitrogen and oxygen atoms in total. The van der Waals surface area contributed by atoms with Crippen LogP contribution >= 0.6 is 0 Å². The maximum absolute atomic E-state index is 3.72. The van der Waals surface area contributed by atoms with Gasteiger partial charge in [-0.1, -0.05) is 6.42 Å². The van der Waals surface area contributed by atoms with Crippen LogP contribution in [0.4, 0.5) is 0 Å². The molecular weight excluding hydrogens is 170 g/mol. The summed E-state index contributed by atoms with van der Waals surface area (Å²) in [5.41, 5.74) is 0.509. The van der Waals surface area contributed by atoms with Crippen LogP contribution in [0.5, 0.6) is 0 Å². The van der Waals surface area contributed by atoms with Gasteiger partial charge in [-0.2, -0.15) is 0 Å². The van der Waals surface area contributed by atoms with E-state index in [2.05, 4.69) is 12.2 Å². The Balaban J connectivity index is 1.62. The van der Waals surface area contributed by atoms with Crippen molar-refractivity contribution in [1.82, 2.24) is 5.32 Å². The minimum atomic E-state index is 0.509. The first-order valence-corrected chi connectivity index (χ1v) is 6.50. The third-order valence-corrected chi connectivity index (χ3v) is 5.05. The van der Waals surface area contributed by atoms with E-state index in [1.54, 1.807) is 25.7 Å². The van der Waals surface area contributed by atoms with Gasteiger partial charge in [0.1, 0.15) is 0 Å². The number of hydrogen-bond donors (Lipinski definition) is 1. The minimum Gasteiger partial charge on any atom is -0.312 e. The van der Waals surface area contributed by atoms with Crippen molar-refractivity contribution in [2.75, 3.05) is 6.54 Å². The highest BCUT2D eigenvalue weighted by atomic mass is 15.0. The van der Waals surface area contributed by atoms with Crippen molar-refractivity contribution < 1.29 is 0 Å². The number of nitrogens with one attached hydrogen (secondary N) is 1. The molecule has 0 aromatic heterocycles. The fraction of sp³-hybridized carbons (Fsp3) is 1.00. The van der Waals surface area contributed by atoms with Crippen LogP contribution in [-0.4, -0.2) is 12.1 Å². The molecule has 0 aromatic carbocycles. The van der Waals surface area contributed by atoms with Crippen LogP contribution in [0.3, 0.4) is 0 Å². The van der Waals surface area contributed by atoms with E-state index in [1.807, 2.05) is 0 Å². The molecule has 1 heteroatoms. The molecule has 4 atom stereocenters. The molecule has 3 aliphatic rings. The van der Waals surface area contributed by atoms with Gasteiger partial charge in [0.05, 0.1) is 0 Å². The summed E-state index contributed by atoms with van der Waals surface area (Å²) < 4.78 is 0. The molecule has 0 aromatic rings. The SMILES string of the molecule is CC1(CC2CC3CCC2C3)CCCN1. The molecule has 0 radical (unpaired) electrons. The largest absolute Gasteiger partial charge is 0.312 e. The third-order valence-electron chi connectivity index (χ3n) is 5.05. The van der Waals surface area contributed by atoms with Gasteiger partial charge in [-0.05, 0) is 69.7 Å². The summed E-state index contributed by atoms with van der Waals surface area (Å²) in [6, 6.07) is 0. The summed E-state index contributed by atoms with van der Waals surface area (Å²) in [5.74, 6) is 3.30. The number of rotatable bonds is 2. The van der Waals surface area contributed by atoms with E-state index in [9.17, 15) is 0 Å². The van der Waals surface area contributed by atoms with Gasteiger partial charge in [0, 0.05) is 5.54 Å². The molecule has 0 amide bonds. The fourth-order valence-corrected chi connectivity index (χ4v) is 4.34. The Morgan fingerprint density at radius 3 is 2.79 bits per heavy atom. The van der Waals surface area contributed by atoms with Gasteiger partial charge in [-0.3, -0.25) is 0 Å². The normalized spacial score (nSPS) is 51.6. The molecule has 80 valence electrons. The Morgan fingerprint density at radius 2 is 2.21 bits per heavy atom. The summed E-state index contributed by atoms with van der Waals surface area (Å²) >= 11 is 0. The zero-order valence-electron chi connectivity index (χ0n) is 9.39. The van der Waals surface area contributed by atoms with Crippen LogP contribution in [0.25, 0.3) is 0 Å². The van der Waals surface area contributed by atoms with Crippen LogP contribution in [0, 0.1) is 17.8 Å². The van der Waals surface area contributed by atoms with Crippen molar-refractivity contribution in [3.63, 3.8) is 0 Å². The molecular formula is C13H23N. The van der Waals surface area contributed by atoms with E-state index < -0.39 is 0 Å². The highest BCUT2D eigenvalue weighted by molar-refractivity contribution is 4.97. The molecule has 3 rings (SSSR count). The molecule has 3 fully saturated rings. The molecule has 14 heavy (non-hydrogen) atoms. The molecule has 2 bridgehead atoms. The maximum atomic E-state index is 3.72. The summed E-state index contributed by atoms with van der Waals surface area (Å²) in [7, 11) is 0. The first-order chi connectivity index (χ1) is 6.75. The number of hydrogen-bond acceptors (Lipinski definition) is 1. The average molecular weight is 193 g/mol. The van der Waals surface area contributed by atoms with Crippen LogP contribution in [0.15, 0.2) is 0 Å². The van der Waals surface area contributed by atoms with E-state index in [4.69, 9.17) is 0 Å². The second kappa shape index (κ2) is 3.23. The molecule has 2 saturated carbocycles. The predicted octanol–water partition coefficient (Wildman–Crippen LogP) is 2.95. The summed E-state index contributed by atoms with van der Waals surface area (Å²) in [6.45, 7) is 3.71. The molecule has 1 N–H and O–H groups in total. The Morgan fingerprint density at radius 1 is 1.29 bits per heavy atom. The zero-order chi connectivity index (χ0) is 9.60. The summed E-state index contributed by atoms with van der Waals surface area (Å²) in [6.07, 6.45) is 10.5. The Labute approximate surface area is 87.7 Å². The first-order valence-electron chi connectivity index (χ1n) is 6.50. The summed E-state index contributed by atoms with van der Waals surface area (Å²) in [5, 5.41) is 3.72. The van der Waals surface area contributed by atoms with Gasteiger partial charge in [0.15, 0.2) is 0 Å². The molecule has 1 heterocycles. The smallest absolute Gasteiger partial charge is 0.0156 e. The van der Waals surface area contributed by atoms with Crippen LogP contribution in [0.2, 0.25) is 0 Å². The van der Waals surface area contributed by atoms with Gasteiger partial charge in [0.25, 0.3) is 0 Å². The topological polar surface area (TPSA) is 12.0 Å². The maximum Gasteiger partial charge on any atom is 0.0156 e. The van der Waals surface area contributed by atoms with E-state index in [0.29, 0.717) is 5.54 Å².